The number of nitrogens with zero attached hydrogens (tertiary/aromatic N) is 2. The van der Waals surface area contributed by atoms with Crippen molar-refractivity contribution >= 4 is 0 Å². The lowest BCUT2D eigenvalue weighted by Crippen LogP contribution is -2.26. The third kappa shape index (κ3) is 3.01. The Labute approximate surface area is 113 Å². The van der Waals surface area contributed by atoms with Crippen LogP contribution in [0, 0.1) is 12.7 Å². The normalized spacial score (nSPS) is 12.6. The van der Waals surface area contributed by atoms with E-state index in [2.05, 4.69) is 17.2 Å². The van der Waals surface area contributed by atoms with Crippen molar-refractivity contribution in [3.05, 3.63) is 53.4 Å². The zero-order chi connectivity index (χ0) is 13.8. The number of imidazole rings is 1. The van der Waals surface area contributed by atoms with Crippen molar-refractivity contribution in [2.75, 3.05) is 6.54 Å². The van der Waals surface area contributed by atoms with Gasteiger partial charge in [-0.2, -0.15) is 0 Å². The molecule has 0 spiro atoms. The molecule has 0 fully saturated rings. The molecule has 4 heteroatoms. The quantitative estimate of drug-likeness (QED) is 0.896. The third-order valence-electron chi connectivity index (χ3n) is 3.18. The van der Waals surface area contributed by atoms with Crippen molar-refractivity contribution in [1.82, 2.24) is 14.9 Å². The molecule has 1 heterocycles. The molecule has 0 aliphatic carbocycles. The second kappa shape index (κ2) is 5.97. The van der Waals surface area contributed by atoms with Gasteiger partial charge in [-0.15, -0.1) is 0 Å². The highest BCUT2D eigenvalue weighted by Crippen LogP contribution is 2.23. The summed E-state index contributed by atoms with van der Waals surface area (Å²) >= 11 is 0. The van der Waals surface area contributed by atoms with E-state index in [0.29, 0.717) is 5.56 Å². The zero-order valence-corrected chi connectivity index (χ0v) is 11.7. The summed E-state index contributed by atoms with van der Waals surface area (Å²) < 4.78 is 16.1. The van der Waals surface area contributed by atoms with Crippen LogP contribution in [0.2, 0.25) is 0 Å². The Bertz CT molecular complexity index is 548. The molecule has 0 aliphatic rings. The van der Waals surface area contributed by atoms with Gasteiger partial charge in [-0.05, 0) is 31.5 Å². The van der Waals surface area contributed by atoms with Crippen LogP contribution in [0.5, 0.6) is 0 Å². The topological polar surface area (TPSA) is 29.9 Å². The standard InChI is InChI=1S/C15H20FN3/c1-4-7-17-14(15-18-8-9-19(15)3)12-6-5-11(2)10-13(12)16/h5-6,8-10,14,17H,4,7H2,1-3H3. The van der Waals surface area contributed by atoms with E-state index >= 15 is 0 Å². The van der Waals surface area contributed by atoms with Gasteiger partial charge in [-0.3, -0.25) is 0 Å². The van der Waals surface area contributed by atoms with E-state index < -0.39 is 0 Å². The lowest BCUT2D eigenvalue weighted by Gasteiger charge is -2.19. The maximum Gasteiger partial charge on any atom is 0.130 e. The van der Waals surface area contributed by atoms with E-state index in [1.54, 1.807) is 12.3 Å². The minimum absolute atomic E-state index is 0.184. The van der Waals surface area contributed by atoms with Crippen LogP contribution in [0.1, 0.15) is 36.3 Å². The van der Waals surface area contributed by atoms with Crippen LogP contribution in [-0.2, 0) is 7.05 Å². The molecule has 1 aromatic carbocycles. The SMILES string of the molecule is CCCNC(c1ccc(C)cc1F)c1nccn1C. The summed E-state index contributed by atoms with van der Waals surface area (Å²) in [6.07, 6.45) is 4.61. The van der Waals surface area contributed by atoms with Gasteiger partial charge in [0.05, 0.1) is 6.04 Å². The van der Waals surface area contributed by atoms with Gasteiger partial charge < -0.3 is 9.88 Å². The highest BCUT2D eigenvalue weighted by atomic mass is 19.1. The fourth-order valence-electron chi connectivity index (χ4n) is 2.15. The number of aromatic nitrogens is 2. The van der Waals surface area contributed by atoms with Gasteiger partial charge in [-0.1, -0.05) is 19.1 Å². The van der Waals surface area contributed by atoms with Crippen molar-refractivity contribution in [2.24, 2.45) is 7.05 Å². The number of rotatable bonds is 5. The van der Waals surface area contributed by atoms with E-state index in [9.17, 15) is 4.39 Å². The van der Waals surface area contributed by atoms with Gasteiger partial charge in [0.2, 0.25) is 0 Å². The minimum atomic E-state index is -0.208. The largest absolute Gasteiger partial charge is 0.336 e. The molecule has 1 aromatic heterocycles. The molecule has 3 nitrogen and oxygen atoms in total. The lowest BCUT2D eigenvalue weighted by atomic mass is 10.0. The zero-order valence-electron chi connectivity index (χ0n) is 11.7. The van der Waals surface area contributed by atoms with E-state index in [1.807, 2.05) is 36.9 Å². The van der Waals surface area contributed by atoms with Crippen molar-refractivity contribution < 1.29 is 4.39 Å². The Morgan fingerprint density at radius 2 is 2.21 bits per heavy atom. The Balaban J connectivity index is 2.40. The molecule has 0 saturated heterocycles. The molecule has 1 atom stereocenters. The van der Waals surface area contributed by atoms with Crippen molar-refractivity contribution in [3.8, 4) is 0 Å². The summed E-state index contributed by atoms with van der Waals surface area (Å²) in [5.74, 6) is 0.646. The molecular weight excluding hydrogens is 241 g/mol. The first-order chi connectivity index (χ1) is 9.13. The molecule has 0 amide bonds. The van der Waals surface area contributed by atoms with Gasteiger partial charge in [0.1, 0.15) is 11.6 Å². The highest BCUT2D eigenvalue weighted by molar-refractivity contribution is 5.30. The lowest BCUT2D eigenvalue weighted by molar-refractivity contribution is 0.519. The minimum Gasteiger partial charge on any atom is -0.336 e. The second-order valence-electron chi connectivity index (χ2n) is 4.81. The van der Waals surface area contributed by atoms with Crippen molar-refractivity contribution in [1.29, 1.82) is 0 Å². The first-order valence-electron chi connectivity index (χ1n) is 6.60. The number of benzene rings is 1. The summed E-state index contributed by atoms with van der Waals surface area (Å²) in [4.78, 5) is 4.34. The maximum absolute atomic E-state index is 14.2. The molecule has 1 unspecified atom stereocenters. The summed E-state index contributed by atoms with van der Waals surface area (Å²) in [6.45, 7) is 4.81. The monoisotopic (exact) mass is 261 g/mol. The third-order valence-corrected chi connectivity index (χ3v) is 3.18. The Morgan fingerprint density at radius 1 is 1.42 bits per heavy atom. The summed E-state index contributed by atoms with van der Waals surface area (Å²) in [5.41, 5.74) is 1.57. The number of aryl methyl sites for hydroxylation is 2. The molecule has 19 heavy (non-hydrogen) atoms. The molecular formula is C15H20FN3. The van der Waals surface area contributed by atoms with Gasteiger partial charge in [0.25, 0.3) is 0 Å². The molecule has 2 aromatic rings. The van der Waals surface area contributed by atoms with E-state index in [4.69, 9.17) is 0 Å². The number of hydrogen-bond acceptors (Lipinski definition) is 2. The molecule has 0 radical (unpaired) electrons. The molecule has 0 saturated carbocycles. The Morgan fingerprint density at radius 3 is 2.79 bits per heavy atom. The van der Waals surface area contributed by atoms with Crippen LogP contribution in [0.3, 0.4) is 0 Å². The molecule has 1 N–H and O–H groups in total. The molecule has 2 rings (SSSR count). The average Bonchev–Trinajstić information content (AvgIpc) is 2.78. The highest BCUT2D eigenvalue weighted by Gasteiger charge is 2.20. The van der Waals surface area contributed by atoms with Crippen LogP contribution >= 0.6 is 0 Å². The van der Waals surface area contributed by atoms with E-state index in [0.717, 1.165) is 24.4 Å². The summed E-state index contributed by atoms with van der Waals surface area (Å²) in [5, 5.41) is 3.37. The number of halogens is 1. The van der Waals surface area contributed by atoms with E-state index in [-0.39, 0.29) is 11.9 Å². The smallest absolute Gasteiger partial charge is 0.130 e. The van der Waals surface area contributed by atoms with Crippen LogP contribution in [0.4, 0.5) is 4.39 Å². The van der Waals surface area contributed by atoms with E-state index in [1.165, 1.54) is 0 Å². The predicted molar refractivity (Wildman–Crippen MR) is 74.5 cm³/mol. The van der Waals surface area contributed by atoms with Gasteiger partial charge in [-0.25, -0.2) is 9.37 Å². The Hall–Kier alpha value is -1.68. The van der Waals surface area contributed by atoms with Gasteiger partial charge in [0, 0.05) is 25.0 Å². The first kappa shape index (κ1) is 13.7. The summed E-state index contributed by atoms with van der Waals surface area (Å²) in [6, 6.07) is 5.13. The molecule has 0 bridgehead atoms. The fourth-order valence-corrected chi connectivity index (χ4v) is 2.15. The van der Waals surface area contributed by atoms with Crippen LogP contribution < -0.4 is 5.32 Å². The van der Waals surface area contributed by atoms with Gasteiger partial charge >= 0.3 is 0 Å². The number of hydrogen-bond donors (Lipinski definition) is 1. The van der Waals surface area contributed by atoms with Crippen molar-refractivity contribution in [2.45, 2.75) is 26.3 Å². The van der Waals surface area contributed by atoms with Crippen molar-refractivity contribution in [3.63, 3.8) is 0 Å². The first-order valence-corrected chi connectivity index (χ1v) is 6.60. The Kier molecular flexibility index (Phi) is 4.32. The summed E-state index contributed by atoms with van der Waals surface area (Å²) in [7, 11) is 1.93. The average molecular weight is 261 g/mol. The van der Waals surface area contributed by atoms with Gasteiger partial charge in [0.15, 0.2) is 0 Å². The second-order valence-corrected chi connectivity index (χ2v) is 4.81. The predicted octanol–water partition coefficient (Wildman–Crippen LogP) is 2.96. The molecule has 102 valence electrons. The van der Waals surface area contributed by atoms with Crippen LogP contribution in [-0.4, -0.2) is 16.1 Å². The number of nitrogens with one attached hydrogen (secondary N) is 1. The maximum atomic E-state index is 14.2. The molecule has 0 aliphatic heterocycles. The van der Waals surface area contributed by atoms with Crippen LogP contribution in [0.15, 0.2) is 30.6 Å². The fraction of sp³-hybridized carbons (Fsp3) is 0.400. The van der Waals surface area contributed by atoms with Crippen LogP contribution in [0.25, 0.3) is 0 Å².